The van der Waals surface area contributed by atoms with Crippen LogP contribution in [0, 0.1) is 5.82 Å². The molecular weight excluding hydrogens is 205 g/mol. The largest absolute Gasteiger partial charge is 0.392 e. The number of hydrogen-bond acceptors (Lipinski definition) is 2. The fraction of sp³-hybridized carbons (Fsp3) is 0.538. The normalized spacial score (nSPS) is 13.1. The van der Waals surface area contributed by atoms with Crippen LogP contribution in [0.1, 0.15) is 18.9 Å². The van der Waals surface area contributed by atoms with E-state index in [2.05, 4.69) is 4.90 Å². The van der Waals surface area contributed by atoms with Gasteiger partial charge in [-0.1, -0.05) is 19.1 Å². The summed E-state index contributed by atoms with van der Waals surface area (Å²) in [6.45, 7) is 3.54. The molecule has 0 aliphatic carbocycles. The summed E-state index contributed by atoms with van der Waals surface area (Å²) in [6.07, 6.45) is 1.41. The molecule has 0 amide bonds. The third kappa shape index (κ3) is 4.73. The fourth-order valence-corrected chi connectivity index (χ4v) is 1.55. The molecule has 2 nitrogen and oxygen atoms in total. The molecule has 0 radical (unpaired) electrons. The van der Waals surface area contributed by atoms with E-state index in [1.54, 1.807) is 12.1 Å². The van der Waals surface area contributed by atoms with E-state index in [-0.39, 0.29) is 11.9 Å². The van der Waals surface area contributed by atoms with Gasteiger partial charge in [0.15, 0.2) is 0 Å². The minimum absolute atomic E-state index is 0.196. The van der Waals surface area contributed by atoms with Gasteiger partial charge in [-0.05, 0) is 37.6 Å². The van der Waals surface area contributed by atoms with Gasteiger partial charge in [-0.25, -0.2) is 4.39 Å². The van der Waals surface area contributed by atoms with Gasteiger partial charge in [-0.2, -0.15) is 0 Å². The monoisotopic (exact) mass is 225 g/mol. The highest BCUT2D eigenvalue weighted by Gasteiger charge is 2.05. The van der Waals surface area contributed by atoms with Gasteiger partial charge in [0.2, 0.25) is 0 Å². The minimum atomic E-state index is -0.252. The van der Waals surface area contributed by atoms with Crippen LogP contribution >= 0.6 is 0 Å². The summed E-state index contributed by atoms with van der Waals surface area (Å²) in [5, 5.41) is 9.47. The summed E-state index contributed by atoms with van der Waals surface area (Å²) in [5.41, 5.74) is 1.12. The average molecular weight is 225 g/mol. The third-order valence-corrected chi connectivity index (χ3v) is 2.69. The van der Waals surface area contributed by atoms with Gasteiger partial charge in [0, 0.05) is 13.1 Å². The first-order valence-corrected chi connectivity index (χ1v) is 5.73. The van der Waals surface area contributed by atoms with E-state index < -0.39 is 0 Å². The van der Waals surface area contributed by atoms with Crippen molar-refractivity contribution in [2.24, 2.45) is 0 Å². The molecule has 1 aromatic carbocycles. The molecule has 90 valence electrons. The molecule has 1 rings (SSSR count). The second-order valence-electron chi connectivity index (χ2n) is 4.20. The molecule has 0 saturated heterocycles. The predicted molar refractivity (Wildman–Crippen MR) is 63.9 cm³/mol. The van der Waals surface area contributed by atoms with E-state index in [4.69, 9.17) is 0 Å². The Morgan fingerprint density at radius 3 is 2.50 bits per heavy atom. The number of rotatable bonds is 6. The number of benzene rings is 1. The maximum absolute atomic E-state index is 12.7. The van der Waals surface area contributed by atoms with Gasteiger partial charge >= 0.3 is 0 Å². The van der Waals surface area contributed by atoms with Crippen LogP contribution in [-0.4, -0.2) is 36.2 Å². The highest BCUT2D eigenvalue weighted by molar-refractivity contribution is 5.16. The van der Waals surface area contributed by atoms with Crippen molar-refractivity contribution >= 4 is 0 Å². The van der Waals surface area contributed by atoms with Crippen molar-refractivity contribution in [3.8, 4) is 0 Å². The topological polar surface area (TPSA) is 23.5 Å². The van der Waals surface area contributed by atoms with Crippen molar-refractivity contribution in [1.29, 1.82) is 0 Å². The summed E-state index contributed by atoms with van der Waals surface area (Å²) in [7, 11) is 1.99. The maximum Gasteiger partial charge on any atom is 0.123 e. The Kier molecular flexibility index (Phi) is 5.43. The number of hydrogen-bond donors (Lipinski definition) is 1. The third-order valence-electron chi connectivity index (χ3n) is 2.69. The van der Waals surface area contributed by atoms with Gasteiger partial charge in [0.25, 0.3) is 0 Å². The van der Waals surface area contributed by atoms with Gasteiger partial charge in [-0.3, -0.25) is 0 Å². The first-order valence-electron chi connectivity index (χ1n) is 5.73. The Morgan fingerprint density at radius 1 is 1.31 bits per heavy atom. The molecule has 0 saturated carbocycles. The van der Waals surface area contributed by atoms with Crippen molar-refractivity contribution in [3.63, 3.8) is 0 Å². The van der Waals surface area contributed by atoms with Crippen molar-refractivity contribution in [2.45, 2.75) is 25.9 Å². The van der Waals surface area contributed by atoms with E-state index in [9.17, 15) is 9.50 Å². The lowest BCUT2D eigenvalue weighted by Crippen LogP contribution is -2.30. The summed E-state index contributed by atoms with van der Waals surface area (Å²) >= 11 is 0. The standard InChI is InChI=1S/C13H20FNO/c1-3-13(16)10-15(2)9-8-11-4-6-12(14)7-5-11/h4-7,13,16H,3,8-10H2,1-2H3. The number of likely N-dealkylation sites (N-methyl/N-ethyl adjacent to an activating group) is 1. The molecule has 3 heteroatoms. The second-order valence-corrected chi connectivity index (χ2v) is 4.20. The van der Waals surface area contributed by atoms with Crippen molar-refractivity contribution in [2.75, 3.05) is 20.1 Å². The highest BCUT2D eigenvalue weighted by atomic mass is 19.1. The Balaban J connectivity index is 2.31. The number of nitrogens with zero attached hydrogens (tertiary/aromatic N) is 1. The van der Waals surface area contributed by atoms with Crippen LogP contribution in [0.15, 0.2) is 24.3 Å². The lowest BCUT2D eigenvalue weighted by molar-refractivity contribution is 0.123. The summed E-state index contributed by atoms with van der Waals surface area (Å²) in [5.74, 6) is -0.196. The molecule has 0 heterocycles. The lowest BCUT2D eigenvalue weighted by atomic mass is 10.1. The molecule has 0 fully saturated rings. The number of halogens is 1. The smallest absolute Gasteiger partial charge is 0.123 e. The highest BCUT2D eigenvalue weighted by Crippen LogP contribution is 2.04. The molecule has 0 aromatic heterocycles. The molecule has 1 unspecified atom stereocenters. The Bertz CT molecular complexity index is 299. The summed E-state index contributed by atoms with van der Waals surface area (Å²) in [6, 6.07) is 6.57. The van der Waals surface area contributed by atoms with E-state index in [1.165, 1.54) is 12.1 Å². The zero-order chi connectivity index (χ0) is 12.0. The van der Waals surface area contributed by atoms with Crippen LogP contribution < -0.4 is 0 Å². The van der Waals surface area contributed by atoms with E-state index in [1.807, 2.05) is 14.0 Å². The van der Waals surface area contributed by atoms with E-state index >= 15 is 0 Å². The van der Waals surface area contributed by atoms with Crippen LogP contribution in [-0.2, 0) is 6.42 Å². The minimum Gasteiger partial charge on any atom is -0.392 e. The van der Waals surface area contributed by atoms with Gasteiger partial charge in [0.1, 0.15) is 5.82 Å². The van der Waals surface area contributed by atoms with Crippen LogP contribution in [0.25, 0.3) is 0 Å². The Morgan fingerprint density at radius 2 is 1.94 bits per heavy atom. The first kappa shape index (κ1) is 13.1. The van der Waals surface area contributed by atoms with Crippen molar-refractivity contribution in [3.05, 3.63) is 35.6 Å². The molecule has 0 bridgehead atoms. The Labute approximate surface area is 96.7 Å². The van der Waals surface area contributed by atoms with E-state index in [0.717, 1.165) is 24.9 Å². The summed E-state index contributed by atoms with van der Waals surface area (Å²) in [4.78, 5) is 2.09. The zero-order valence-electron chi connectivity index (χ0n) is 9.99. The molecule has 1 N–H and O–H groups in total. The molecule has 1 atom stereocenters. The lowest BCUT2D eigenvalue weighted by Gasteiger charge is -2.19. The molecule has 0 spiro atoms. The van der Waals surface area contributed by atoms with Crippen molar-refractivity contribution < 1.29 is 9.50 Å². The van der Waals surface area contributed by atoms with Gasteiger partial charge in [-0.15, -0.1) is 0 Å². The predicted octanol–water partition coefficient (Wildman–Crippen LogP) is 2.07. The number of aliphatic hydroxyl groups excluding tert-OH is 1. The summed E-state index contributed by atoms with van der Waals surface area (Å²) < 4.78 is 12.7. The fourth-order valence-electron chi connectivity index (χ4n) is 1.55. The average Bonchev–Trinajstić information content (AvgIpc) is 2.28. The van der Waals surface area contributed by atoms with Crippen LogP contribution in [0.3, 0.4) is 0 Å². The molecule has 0 aliphatic rings. The quantitative estimate of drug-likeness (QED) is 0.801. The second kappa shape index (κ2) is 6.61. The molecule has 16 heavy (non-hydrogen) atoms. The van der Waals surface area contributed by atoms with Crippen LogP contribution in [0.2, 0.25) is 0 Å². The molecule has 1 aromatic rings. The van der Waals surface area contributed by atoms with Crippen molar-refractivity contribution in [1.82, 2.24) is 4.90 Å². The van der Waals surface area contributed by atoms with Gasteiger partial charge < -0.3 is 10.0 Å². The van der Waals surface area contributed by atoms with Gasteiger partial charge in [0.05, 0.1) is 6.10 Å². The van der Waals surface area contributed by atoms with E-state index in [0.29, 0.717) is 6.54 Å². The zero-order valence-corrected chi connectivity index (χ0v) is 9.99. The molecular formula is C13H20FNO. The first-order chi connectivity index (χ1) is 7.61. The maximum atomic E-state index is 12.7. The van der Waals surface area contributed by atoms with Crippen LogP contribution in [0.5, 0.6) is 0 Å². The SMILES string of the molecule is CCC(O)CN(C)CCc1ccc(F)cc1. The molecule has 0 aliphatic heterocycles. The number of aliphatic hydroxyl groups is 1. The van der Waals surface area contributed by atoms with Crippen LogP contribution in [0.4, 0.5) is 4.39 Å². The Hall–Kier alpha value is -0.930.